The van der Waals surface area contributed by atoms with Crippen LogP contribution in [0.1, 0.15) is 72.1 Å². The van der Waals surface area contributed by atoms with Crippen LogP contribution in [0.15, 0.2) is 0 Å². The molecule has 20 heavy (non-hydrogen) atoms. The van der Waals surface area contributed by atoms with Crippen molar-refractivity contribution in [3.63, 3.8) is 0 Å². The maximum absolute atomic E-state index is 3.91. The van der Waals surface area contributed by atoms with E-state index in [-0.39, 0.29) is 0 Å². The van der Waals surface area contributed by atoms with Crippen LogP contribution in [-0.4, -0.2) is 36.1 Å². The van der Waals surface area contributed by atoms with Gasteiger partial charge in [0.05, 0.1) is 0 Å². The molecule has 1 aliphatic heterocycles. The Balaban J connectivity index is 1.73. The largest absolute Gasteiger partial charge is 0.312 e. The Morgan fingerprint density at radius 3 is 2.65 bits per heavy atom. The Morgan fingerprint density at radius 1 is 1.05 bits per heavy atom. The standard InChI is InChI=1S/C18H34N2/c1-4-12-19-17-16(10-11-18(17,2)3)20-13-6-8-14-7-5-9-15(14)20/h14-17,19H,4-13H2,1-3H3. The fourth-order valence-electron chi connectivity index (χ4n) is 5.34. The minimum Gasteiger partial charge on any atom is -0.312 e. The second-order valence-corrected chi connectivity index (χ2v) is 8.16. The number of piperidine rings is 1. The van der Waals surface area contributed by atoms with E-state index in [4.69, 9.17) is 0 Å². The van der Waals surface area contributed by atoms with Gasteiger partial charge in [-0.15, -0.1) is 0 Å². The van der Waals surface area contributed by atoms with Crippen LogP contribution in [0.25, 0.3) is 0 Å². The summed E-state index contributed by atoms with van der Waals surface area (Å²) in [6.45, 7) is 9.81. The summed E-state index contributed by atoms with van der Waals surface area (Å²) in [4.78, 5) is 2.95. The van der Waals surface area contributed by atoms with Crippen LogP contribution < -0.4 is 5.32 Å². The van der Waals surface area contributed by atoms with E-state index in [2.05, 4.69) is 31.0 Å². The average molecular weight is 278 g/mol. The summed E-state index contributed by atoms with van der Waals surface area (Å²) in [6.07, 6.45) is 11.5. The minimum absolute atomic E-state index is 0.478. The van der Waals surface area contributed by atoms with Crippen LogP contribution in [0.4, 0.5) is 0 Å². The lowest BCUT2D eigenvalue weighted by Crippen LogP contribution is -2.57. The van der Waals surface area contributed by atoms with E-state index in [0.717, 1.165) is 18.0 Å². The molecule has 0 spiro atoms. The monoisotopic (exact) mass is 278 g/mol. The zero-order valence-electron chi connectivity index (χ0n) is 13.8. The van der Waals surface area contributed by atoms with E-state index in [1.807, 2.05) is 0 Å². The first-order valence-electron chi connectivity index (χ1n) is 9.12. The number of fused-ring (bicyclic) bond motifs is 1. The number of likely N-dealkylation sites (tertiary alicyclic amines) is 1. The highest BCUT2D eigenvalue weighted by Crippen LogP contribution is 2.45. The van der Waals surface area contributed by atoms with Gasteiger partial charge < -0.3 is 5.32 Å². The van der Waals surface area contributed by atoms with Gasteiger partial charge in [-0.1, -0.05) is 27.2 Å². The molecule has 1 N–H and O–H groups in total. The molecule has 0 aromatic heterocycles. The number of nitrogens with one attached hydrogen (secondary N) is 1. The summed E-state index contributed by atoms with van der Waals surface area (Å²) in [6, 6.07) is 2.44. The molecular formula is C18H34N2. The van der Waals surface area contributed by atoms with Crippen LogP contribution in [0.3, 0.4) is 0 Å². The molecular weight excluding hydrogens is 244 g/mol. The van der Waals surface area contributed by atoms with E-state index < -0.39 is 0 Å². The Kier molecular flexibility index (Phi) is 4.42. The summed E-state index contributed by atoms with van der Waals surface area (Å²) in [7, 11) is 0. The third-order valence-electron chi connectivity index (χ3n) is 6.39. The van der Waals surface area contributed by atoms with Gasteiger partial charge in [0.25, 0.3) is 0 Å². The van der Waals surface area contributed by atoms with E-state index in [9.17, 15) is 0 Å². The molecule has 1 heterocycles. The van der Waals surface area contributed by atoms with Crippen LogP contribution in [-0.2, 0) is 0 Å². The van der Waals surface area contributed by atoms with Gasteiger partial charge in [0.1, 0.15) is 0 Å². The first-order chi connectivity index (χ1) is 9.63. The number of hydrogen-bond donors (Lipinski definition) is 1. The van der Waals surface area contributed by atoms with Crippen LogP contribution >= 0.6 is 0 Å². The molecule has 0 radical (unpaired) electrons. The van der Waals surface area contributed by atoms with Gasteiger partial charge in [0.15, 0.2) is 0 Å². The fraction of sp³-hybridized carbons (Fsp3) is 1.00. The Hall–Kier alpha value is -0.0800. The van der Waals surface area contributed by atoms with Crippen molar-refractivity contribution in [2.45, 2.75) is 90.3 Å². The number of nitrogens with zero attached hydrogens (tertiary/aromatic N) is 1. The third-order valence-corrected chi connectivity index (χ3v) is 6.39. The van der Waals surface area contributed by atoms with Crippen molar-refractivity contribution in [3.05, 3.63) is 0 Å². The third kappa shape index (κ3) is 2.66. The molecule has 3 aliphatic rings. The molecule has 0 aromatic carbocycles. The van der Waals surface area contributed by atoms with Gasteiger partial charge in [-0.25, -0.2) is 0 Å². The zero-order chi connectivity index (χ0) is 14.2. The summed E-state index contributed by atoms with van der Waals surface area (Å²) < 4.78 is 0. The summed E-state index contributed by atoms with van der Waals surface area (Å²) in [5.74, 6) is 1.03. The molecule has 4 atom stereocenters. The van der Waals surface area contributed by atoms with Crippen molar-refractivity contribution in [2.24, 2.45) is 11.3 Å². The van der Waals surface area contributed by atoms with E-state index in [1.54, 1.807) is 0 Å². The molecule has 0 amide bonds. The van der Waals surface area contributed by atoms with Crippen molar-refractivity contribution in [1.29, 1.82) is 0 Å². The van der Waals surface area contributed by atoms with Crippen molar-refractivity contribution < 1.29 is 0 Å². The van der Waals surface area contributed by atoms with Crippen molar-refractivity contribution in [1.82, 2.24) is 10.2 Å². The molecule has 4 unspecified atom stereocenters. The number of hydrogen-bond acceptors (Lipinski definition) is 2. The van der Waals surface area contributed by atoms with Gasteiger partial charge in [-0.2, -0.15) is 0 Å². The van der Waals surface area contributed by atoms with Crippen LogP contribution in [0, 0.1) is 11.3 Å². The summed E-state index contributed by atoms with van der Waals surface area (Å²) in [5, 5.41) is 3.91. The van der Waals surface area contributed by atoms with Gasteiger partial charge in [0, 0.05) is 18.1 Å². The Bertz CT molecular complexity index is 325. The van der Waals surface area contributed by atoms with Gasteiger partial charge in [-0.3, -0.25) is 4.90 Å². The molecule has 2 aliphatic carbocycles. The van der Waals surface area contributed by atoms with Crippen molar-refractivity contribution in [2.75, 3.05) is 13.1 Å². The maximum atomic E-state index is 3.91. The predicted molar refractivity (Wildman–Crippen MR) is 86.0 cm³/mol. The lowest BCUT2D eigenvalue weighted by atomic mass is 9.84. The smallest absolute Gasteiger partial charge is 0.0274 e. The van der Waals surface area contributed by atoms with Crippen molar-refractivity contribution >= 4 is 0 Å². The Morgan fingerprint density at radius 2 is 1.85 bits per heavy atom. The second kappa shape index (κ2) is 5.96. The van der Waals surface area contributed by atoms with Gasteiger partial charge in [0.2, 0.25) is 0 Å². The summed E-state index contributed by atoms with van der Waals surface area (Å²) in [5.41, 5.74) is 0.478. The first kappa shape index (κ1) is 14.8. The number of rotatable bonds is 4. The fourth-order valence-corrected chi connectivity index (χ4v) is 5.34. The maximum Gasteiger partial charge on any atom is 0.0274 e. The van der Waals surface area contributed by atoms with Gasteiger partial charge in [-0.05, 0) is 69.4 Å². The van der Waals surface area contributed by atoms with Crippen LogP contribution in [0.2, 0.25) is 0 Å². The molecule has 2 saturated carbocycles. The highest BCUT2D eigenvalue weighted by atomic mass is 15.2. The highest BCUT2D eigenvalue weighted by Gasteiger charge is 2.47. The second-order valence-electron chi connectivity index (χ2n) is 8.16. The molecule has 1 saturated heterocycles. The average Bonchev–Trinajstić information content (AvgIpc) is 3.00. The molecule has 3 rings (SSSR count). The zero-order valence-corrected chi connectivity index (χ0v) is 13.8. The topological polar surface area (TPSA) is 15.3 Å². The minimum atomic E-state index is 0.478. The lowest BCUT2D eigenvalue weighted by Gasteiger charge is -2.45. The summed E-state index contributed by atoms with van der Waals surface area (Å²) >= 11 is 0. The molecule has 0 aromatic rings. The molecule has 0 bridgehead atoms. The van der Waals surface area contributed by atoms with Gasteiger partial charge >= 0.3 is 0 Å². The molecule has 2 heteroatoms. The SMILES string of the molecule is CCCNC1C(N2CCCC3CCCC32)CCC1(C)C. The highest BCUT2D eigenvalue weighted by molar-refractivity contribution is 5.04. The lowest BCUT2D eigenvalue weighted by molar-refractivity contribution is 0.0479. The Labute approximate surface area is 125 Å². The van der Waals surface area contributed by atoms with E-state index >= 15 is 0 Å². The van der Waals surface area contributed by atoms with E-state index in [0.29, 0.717) is 11.5 Å². The van der Waals surface area contributed by atoms with E-state index in [1.165, 1.54) is 64.5 Å². The molecule has 3 fully saturated rings. The first-order valence-corrected chi connectivity index (χ1v) is 9.12. The predicted octanol–water partition coefficient (Wildman–Crippen LogP) is 3.81. The quantitative estimate of drug-likeness (QED) is 0.841. The molecule has 2 nitrogen and oxygen atoms in total. The molecule has 116 valence electrons. The normalized spacial score (nSPS) is 41.0. The van der Waals surface area contributed by atoms with Crippen molar-refractivity contribution in [3.8, 4) is 0 Å². The van der Waals surface area contributed by atoms with Crippen LogP contribution in [0.5, 0.6) is 0 Å².